The molecule has 0 bridgehead atoms. The van der Waals surface area contributed by atoms with Gasteiger partial charge in [0.2, 0.25) is 0 Å². The molecule has 0 saturated heterocycles. The maximum absolute atomic E-state index is 5.77. The van der Waals surface area contributed by atoms with Crippen molar-refractivity contribution < 1.29 is 4.74 Å². The number of rotatable bonds is 6. The molecule has 2 N–H and O–H groups in total. The van der Waals surface area contributed by atoms with Gasteiger partial charge in [0.15, 0.2) is 5.82 Å². The maximum Gasteiger partial charge on any atom is 0.152 e. The summed E-state index contributed by atoms with van der Waals surface area (Å²) in [5.74, 6) is 0.803. The van der Waals surface area contributed by atoms with Gasteiger partial charge in [0.25, 0.3) is 0 Å². The summed E-state index contributed by atoms with van der Waals surface area (Å²) in [6.45, 7) is 1.45. The number of fused-ring (bicyclic) bond motifs is 1. The van der Waals surface area contributed by atoms with Gasteiger partial charge in [-0.25, -0.2) is 9.97 Å². The standard InChI is InChI=1S/C19H20N6O/c1-24-19(21-12-23-24)11-26-10-15-3-2-4-16(7-15)25-13-22-17-8-14(9-20)5-6-18(17)25/h2-8,12-13H,9-11,20H2,1H3. The predicted octanol–water partition coefficient (Wildman–Crippen LogP) is 2.33. The van der Waals surface area contributed by atoms with E-state index in [-0.39, 0.29) is 0 Å². The Morgan fingerprint density at radius 1 is 1.04 bits per heavy atom. The molecule has 2 aromatic heterocycles. The minimum absolute atomic E-state index is 0.427. The van der Waals surface area contributed by atoms with Crippen LogP contribution in [-0.4, -0.2) is 24.3 Å². The quantitative estimate of drug-likeness (QED) is 0.578. The third-order valence-corrected chi connectivity index (χ3v) is 4.34. The van der Waals surface area contributed by atoms with Crippen molar-refractivity contribution in [3.05, 3.63) is 72.1 Å². The molecule has 0 saturated carbocycles. The van der Waals surface area contributed by atoms with Crippen LogP contribution in [0.1, 0.15) is 17.0 Å². The fraction of sp³-hybridized carbons (Fsp3) is 0.211. The molecule has 0 atom stereocenters. The molecule has 132 valence electrons. The first kappa shape index (κ1) is 16.4. The van der Waals surface area contributed by atoms with Gasteiger partial charge in [0.1, 0.15) is 19.3 Å². The van der Waals surface area contributed by atoms with E-state index in [2.05, 4.69) is 37.8 Å². The average Bonchev–Trinajstić information content (AvgIpc) is 3.27. The molecule has 7 nitrogen and oxygen atoms in total. The van der Waals surface area contributed by atoms with Crippen molar-refractivity contribution in [2.75, 3.05) is 0 Å². The first-order valence-electron chi connectivity index (χ1n) is 8.40. The molecule has 0 aliphatic rings. The van der Waals surface area contributed by atoms with Gasteiger partial charge in [-0.15, -0.1) is 0 Å². The van der Waals surface area contributed by atoms with Crippen molar-refractivity contribution in [1.82, 2.24) is 24.3 Å². The van der Waals surface area contributed by atoms with Gasteiger partial charge in [-0.1, -0.05) is 18.2 Å². The number of hydrogen-bond donors (Lipinski definition) is 1. The Labute approximate surface area is 151 Å². The Hall–Kier alpha value is -3.03. The normalized spacial score (nSPS) is 11.3. The second-order valence-electron chi connectivity index (χ2n) is 6.10. The summed E-state index contributed by atoms with van der Waals surface area (Å²) in [6, 6.07) is 14.4. The van der Waals surface area contributed by atoms with Crippen LogP contribution in [0.25, 0.3) is 16.7 Å². The zero-order chi connectivity index (χ0) is 17.9. The van der Waals surface area contributed by atoms with Crippen LogP contribution < -0.4 is 5.73 Å². The molecule has 4 aromatic rings. The zero-order valence-electron chi connectivity index (χ0n) is 14.5. The first-order chi connectivity index (χ1) is 12.7. The van der Waals surface area contributed by atoms with E-state index in [9.17, 15) is 0 Å². The van der Waals surface area contributed by atoms with E-state index in [0.29, 0.717) is 19.8 Å². The van der Waals surface area contributed by atoms with E-state index in [0.717, 1.165) is 33.7 Å². The second kappa shape index (κ2) is 7.07. The molecule has 2 aromatic carbocycles. The lowest BCUT2D eigenvalue weighted by Crippen LogP contribution is -2.03. The van der Waals surface area contributed by atoms with Gasteiger partial charge >= 0.3 is 0 Å². The number of hydrogen-bond acceptors (Lipinski definition) is 5. The first-order valence-corrected chi connectivity index (χ1v) is 8.40. The van der Waals surface area contributed by atoms with Crippen LogP contribution in [-0.2, 0) is 31.5 Å². The summed E-state index contributed by atoms with van der Waals surface area (Å²) in [5.41, 5.74) is 10.9. The fourth-order valence-corrected chi connectivity index (χ4v) is 2.90. The fourth-order valence-electron chi connectivity index (χ4n) is 2.90. The zero-order valence-corrected chi connectivity index (χ0v) is 14.5. The number of imidazole rings is 1. The van der Waals surface area contributed by atoms with E-state index in [4.69, 9.17) is 10.5 Å². The second-order valence-corrected chi connectivity index (χ2v) is 6.10. The monoisotopic (exact) mass is 348 g/mol. The topological polar surface area (TPSA) is 83.8 Å². The highest BCUT2D eigenvalue weighted by molar-refractivity contribution is 5.78. The van der Waals surface area contributed by atoms with Crippen LogP contribution in [0.5, 0.6) is 0 Å². The highest BCUT2D eigenvalue weighted by atomic mass is 16.5. The molecule has 4 rings (SSSR count). The van der Waals surface area contributed by atoms with E-state index in [1.165, 1.54) is 6.33 Å². The summed E-state index contributed by atoms with van der Waals surface area (Å²) >= 11 is 0. The molecule has 0 radical (unpaired) electrons. The van der Waals surface area contributed by atoms with Crippen molar-refractivity contribution in [3.63, 3.8) is 0 Å². The number of nitrogens with two attached hydrogens (primary N) is 1. The Balaban J connectivity index is 1.53. The van der Waals surface area contributed by atoms with Gasteiger partial charge in [-0.2, -0.15) is 5.10 Å². The van der Waals surface area contributed by atoms with Crippen molar-refractivity contribution in [2.45, 2.75) is 19.8 Å². The highest BCUT2D eigenvalue weighted by Gasteiger charge is 2.07. The van der Waals surface area contributed by atoms with E-state index in [1.54, 1.807) is 4.68 Å². The molecule has 0 spiro atoms. The molecule has 7 heteroatoms. The molecule has 26 heavy (non-hydrogen) atoms. The summed E-state index contributed by atoms with van der Waals surface area (Å²) in [5, 5.41) is 4.04. The third kappa shape index (κ3) is 3.22. The van der Waals surface area contributed by atoms with E-state index < -0.39 is 0 Å². The SMILES string of the molecule is Cn1ncnc1COCc1cccc(-n2cnc3cc(CN)ccc32)c1. The van der Waals surface area contributed by atoms with Crippen molar-refractivity contribution in [3.8, 4) is 5.69 Å². The third-order valence-electron chi connectivity index (χ3n) is 4.34. The van der Waals surface area contributed by atoms with Crippen molar-refractivity contribution >= 4 is 11.0 Å². The Morgan fingerprint density at radius 3 is 2.77 bits per heavy atom. The molecular formula is C19H20N6O. The van der Waals surface area contributed by atoms with Crippen LogP contribution in [0.2, 0.25) is 0 Å². The summed E-state index contributed by atoms with van der Waals surface area (Å²) in [7, 11) is 1.85. The molecule has 0 fully saturated rings. The Morgan fingerprint density at radius 2 is 1.96 bits per heavy atom. The van der Waals surface area contributed by atoms with Gasteiger partial charge < -0.3 is 10.5 Å². The lowest BCUT2D eigenvalue weighted by molar-refractivity contribution is 0.0993. The maximum atomic E-state index is 5.77. The molecule has 0 aliphatic heterocycles. The Kier molecular flexibility index (Phi) is 4.47. The van der Waals surface area contributed by atoms with Gasteiger partial charge in [0.05, 0.1) is 17.6 Å². The molecule has 0 aliphatic carbocycles. The highest BCUT2D eigenvalue weighted by Crippen LogP contribution is 2.20. The summed E-state index contributed by atoms with van der Waals surface area (Å²) in [4.78, 5) is 8.66. The van der Waals surface area contributed by atoms with Crippen LogP contribution >= 0.6 is 0 Å². The number of benzene rings is 2. The molecular weight excluding hydrogens is 328 g/mol. The number of aromatic nitrogens is 5. The van der Waals surface area contributed by atoms with Gasteiger partial charge in [-0.05, 0) is 35.4 Å². The van der Waals surface area contributed by atoms with Crippen LogP contribution in [0.3, 0.4) is 0 Å². The average molecular weight is 348 g/mol. The lowest BCUT2D eigenvalue weighted by atomic mass is 10.2. The van der Waals surface area contributed by atoms with E-state index in [1.807, 2.05) is 37.6 Å². The van der Waals surface area contributed by atoms with Gasteiger partial charge in [0, 0.05) is 19.3 Å². The largest absolute Gasteiger partial charge is 0.369 e. The smallest absolute Gasteiger partial charge is 0.152 e. The summed E-state index contributed by atoms with van der Waals surface area (Å²) in [6.07, 6.45) is 3.37. The van der Waals surface area contributed by atoms with Crippen LogP contribution in [0.15, 0.2) is 55.1 Å². The molecule has 0 unspecified atom stereocenters. The van der Waals surface area contributed by atoms with Crippen molar-refractivity contribution in [1.29, 1.82) is 0 Å². The minimum Gasteiger partial charge on any atom is -0.369 e. The number of aryl methyl sites for hydroxylation is 1. The Bertz CT molecular complexity index is 1040. The number of ether oxygens (including phenoxy) is 1. The van der Waals surface area contributed by atoms with Gasteiger partial charge in [-0.3, -0.25) is 9.25 Å². The van der Waals surface area contributed by atoms with E-state index >= 15 is 0 Å². The predicted molar refractivity (Wildman–Crippen MR) is 98.5 cm³/mol. The number of nitrogens with zero attached hydrogens (tertiary/aromatic N) is 5. The van der Waals surface area contributed by atoms with Crippen LogP contribution in [0, 0.1) is 0 Å². The van der Waals surface area contributed by atoms with Crippen LogP contribution in [0.4, 0.5) is 0 Å². The lowest BCUT2D eigenvalue weighted by Gasteiger charge is -2.08. The minimum atomic E-state index is 0.427. The summed E-state index contributed by atoms with van der Waals surface area (Å²) < 4.78 is 9.56. The molecule has 0 amide bonds. The molecule has 2 heterocycles. The van der Waals surface area contributed by atoms with Crippen molar-refractivity contribution in [2.24, 2.45) is 12.8 Å².